The van der Waals surface area contributed by atoms with Crippen molar-refractivity contribution in [2.75, 3.05) is 13.2 Å². The number of amides is 2. The molecule has 0 aromatic carbocycles. The maximum absolute atomic E-state index is 12.1. The van der Waals surface area contributed by atoms with Gasteiger partial charge in [0.1, 0.15) is 6.04 Å². The Balaban J connectivity index is 1.97. The molecule has 6 nitrogen and oxygen atoms in total. The lowest BCUT2D eigenvalue weighted by atomic mass is 9.90. The number of rotatable bonds is 2. The number of hydrogen-bond acceptors (Lipinski definition) is 3. The van der Waals surface area contributed by atoms with Crippen molar-refractivity contribution in [2.45, 2.75) is 50.8 Å². The second-order valence-corrected chi connectivity index (χ2v) is 4.96. The third kappa shape index (κ3) is 2.75. The first-order valence-electron chi connectivity index (χ1n) is 6.51. The smallest absolute Gasteiger partial charge is 0.325 e. The fourth-order valence-corrected chi connectivity index (χ4v) is 2.68. The van der Waals surface area contributed by atoms with Crippen LogP contribution in [0.1, 0.15) is 32.6 Å². The fourth-order valence-electron chi connectivity index (χ4n) is 2.68. The molecule has 6 heteroatoms. The standard InChI is InChI=1S/C12H20N2O4/c1-8(11(15)16)13-12(17)14-6-7-18-10-5-3-2-4-9(10)14/h8-10H,2-7H2,1H3,(H,13,17)(H,15,16). The Morgan fingerprint density at radius 1 is 1.39 bits per heavy atom. The molecule has 0 spiro atoms. The summed E-state index contributed by atoms with van der Waals surface area (Å²) in [7, 11) is 0. The van der Waals surface area contributed by atoms with Gasteiger partial charge < -0.3 is 20.1 Å². The van der Waals surface area contributed by atoms with Crippen molar-refractivity contribution < 1.29 is 19.4 Å². The second kappa shape index (κ2) is 5.56. The number of carboxylic acid groups (broad SMARTS) is 1. The summed E-state index contributed by atoms with van der Waals surface area (Å²) in [4.78, 5) is 24.5. The minimum atomic E-state index is -1.02. The Morgan fingerprint density at radius 3 is 2.83 bits per heavy atom. The van der Waals surface area contributed by atoms with Gasteiger partial charge in [0.2, 0.25) is 0 Å². The quantitative estimate of drug-likeness (QED) is 0.766. The predicted octanol–water partition coefficient (Wildman–Crippen LogP) is 0.812. The number of urea groups is 1. The molecule has 1 aliphatic heterocycles. The minimum absolute atomic E-state index is 0.105. The number of carbonyl (C=O) groups excluding carboxylic acids is 1. The number of fused-ring (bicyclic) bond motifs is 1. The lowest BCUT2D eigenvalue weighted by molar-refractivity contribution is -0.138. The highest BCUT2D eigenvalue weighted by atomic mass is 16.5. The van der Waals surface area contributed by atoms with E-state index < -0.39 is 12.0 Å². The molecule has 102 valence electrons. The molecule has 2 aliphatic rings. The molecule has 2 rings (SSSR count). The van der Waals surface area contributed by atoms with Crippen molar-refractivity contribution in [1.29, 1.82) is 0 Å². The van der Waals surface area contributed by atoms with Crippen LogP contribution in [0.25, 0.3) is 0 Å². The molecule has 0 radical (unpaired) electrons. The summed E-state index contributed by atoms with van der Waals surface area (Å²) in [5, 5.41) is 11.3. The van der Waals surface area contributed by atoms with Gasteiger partial charge in [0.05, 0.1) is 18.8 Å². The number of morpholine rings is 1. The predicted molar refractivity (Wildman–Crippen MR) is 64.3 cm³/mol. The van der Waals surface area contributed by atoms with Crippen molar-refractivity contribution in [1.82, 2.24) is 10.2 Å². The summed E-state index contributed by atoms with van der Waals surface area (Å²) in [6.07, 6.45) is 4.30. The van der Waals surface area contributed by atoms with E-state index in [1.54, 1.807) is 4.90 Å². The van der Waals surface area contributed by atoms with Gasteiger partial charge in [-0.25, -0.2) is 4.79 Å². The Labute approximate surface area is 106 Å². The molecule has 2 N–H and O–H groups in total. The SMILES string of the molecule is CC(NC(=O)N1CCOC2CCCCC21)C(=O)O. The van der Waals surface area contributed by atoms with Crippen molar-refractivity contribution in [3.05, 3.63) is 0 Å². The summed E-state index contributed by atoms with van der Waals surface area (Å²) in [6, 6.07) is -1.04. The second-order valence-electron chi connectivity index (χ2n) is 4.96. The molecule has 3 unspecified atom stereocenters. The zero-order valence-electron chi connectivity index (χ0n) is 10.6. The van der Waals surface area contributed by atoms with E-state index in [-0.39, 0.29) is 18.2 Å². The van der Waals surface area contributed by atoms with Crippen LogP contribution in [-0.2, 0) is 9.53 Å². The van der Waals surface area contributed by atoms with E-state index in [9.17, 15) is 9.59 Å². The van der Waals surface area contributed by atoms with Gasteiger partial charge in [0.25, 0.3) is 0 Å². The average molecular weight is 256 g/mol. The lowest BCUT2D eigenvalue weighted by Crippen LogP contribution is -2.58. The summed E-state index contributed by atoms with van der Waals surface area (Å²) in [5.41, 5.74) is 0. The molecule has 3 atom stereocenters. The van der Waals surface area contributed by atoms with Crippen LogP contribution in [0, 0.1) is 0 Å². The normalized spacial score (nSPS) is 29.3. The van der Waals surface area contributed by atoms with E-state index in [1.165, 1.54) is 6.92 Å². The molecular weight excluding hydrogens is 236 g/mol. The molecule has 1 aliphatic carbocycles. The highest BCUT2D eigenvalue weighted by Gasteiger charge is 2.37. The van der Waals surface area contributed by atoms with E-state index in [1.807, 2.05) is 0 Å². The third-order valence-corrected chi connectivity index (χ3v) is 3.70. The van der Waals surface area contributed by atoms with Crippen molar-refractivity contribution in [3.8, 4) is 0 Å². The highest BCUT2D eigenvalue weighted by Crippen LogP contribution is 2.28. The van der Waals surface area contributed by atoms with Gasteiger partial charge in [0, 0.05) is 6.54 Å². The summed E-state index contributed by atoms with van der Waals surface area (Å²) in [6.45, 7) is 2.55. The summed E-state index contributed by atoms with van der Waals surface area (Å²) < 4.78 is 5.68. The van der Waals surface area contributed by atoms with Crippen molar-refractivity contribution in [3.63, 3.8) is 0 Å². The number of aliphatic carboxylic acids is 1. The zero-order valence-corrected chi connectivity index (χ0v) is 10.6. The molecular formula is C12H20N2O4. The van der Waals surface area contributed by atoms with Gasteiger partial charge in [-0.2, -0.15) is 0 Å². The molecule has 1 saturated heterocycles. The van der Waals surface area contributed by atoms with Gasteiger partial charge in [-0.05, 0) is 19.8 Å². The molecule has 18 heavy (non-hydrogen) atoms. The zero-order chi connectivity index (χ0) is 13.1. The first-order chi connectivity index (χ1) is 8.59. The lowest BCUT2D eigenvalue weighted by Gasteiger charge is -2.43. The summed E-state index contributed by atoms with van der Waals surface area (Å²) in [5.74, 6) is -1.02. The van der Waals surface area contributed by atoms with Crippen LogP contribution < -0.4 is 5.32 Å². The van der Waals surface area contributed by atoms with Gasteiger partial charge in [-0.1, -0.05) is 12.8 Å². The van der Waals surface area contributed by atoms with Crippen LogP contribution in [0.4, 0.5) is 4.79 Å². The maximum atomic E-state index is 12.1. The molecule has 0 aromatic heterocycles. The topological polar surface area (TPSA) is 78.9 Å². The first-order valence-corrected chi connectivity index (χ1v) is 6.51. The van der Waals surface area contributed by atoms with Crippen LogP contribution >= 0.6 is 0 Å². The van der Waals surface area contributed by atoms with Crippen molar-refractivity contribution in [2.24, 2.45) is 0 Å². The van der Waals surface area contributed by atoms with Gasteiger partial charge in [-0.15, -0.1) is 0 Å². The molecule has 2 fully saturated rings. The van der Waals surface area contributed by atoms with Crippen LogP contribution in [0.3, 0.4) is 0 Å². The highest BCUT2D eigenvalue weighted by molar-refractivity contribution is 5.82. The third-order valence-electron chi connectivity index (χ3n) is 3.70. The number of carboxylic acids is 1. The Kier molecular flexibility index (Phi) is 4.06. The summed E-state index contributed by atoms with van der Waals surface area (Å²) >= 11 is 0. The van der Waals surface area contributed by atoms with E-state index in [2.05, 4.69) is 5.32 Å². The van der Waals surface area contributed by atoms with Gasteiger partial charge in [0.15, 0.2) is 0 Å². The monoisotopic (exact) mass is 256 g/mol. The van der Waals surface area contributed by atoms with Crippen LogP contribution in [0.15, 0.2) is 0 Å². The van der Waals surface area contributed by atoms with Crippen LogP contribution in [0.5, 0.6) is 0 Å². The molecule has 0 aromatic rings. The van der Waals surface area contributed by atoms with E-state index in [0.29, 0.717) is 13.2 Å². The molecule has 2 amide bonds. The number of ether oxygens (including phenoxy) is 1. The largest absolute Gasteiger partial charge is 0.480 e. The first kappa shape index (κ1) is 13.1. The average Bonchev–Trinajstić information content (AvgIpc) is 2.37. The molecule has 1 saturated carbocycles. The number of hydrogen-bond donors (Lipinski definition) is 2. The molecule has 1 heterocycles. The molecule has 0 bridgehead atoms. The fraction of sp³-hybridized carbons (Fsp3) is 0.833. The van der Waals surface area contributed by atoms with Crippen LogP contribution in [0.2, 0.25) is 0 Å². The number of nitrogens with one attached hydrogen (secondary N) is 1. The van der Waals surface area contributed by atoms with Crippen molar-refractivity contribution >= 4 is 12.0 Å². The number of nitrogens with zero attached hydrogens (tertiary/aromatic N) is 1. The van der Waals surface area contributed by atoms with Crippen LogP contribution in [-0.4, -0.2) is 53.3 Å². The van der Waals surface area contributed by atoms with Gasteiger partial charge in [-0.3, -0.25) is 4.79 Å². The van der Waals surface area contributed by atoms with E-state index in [0.717, 1.165) is 25.7 Å². The Morgan fingerprint density at radius 2 is 2.11 bits per heavy atom. The van der Waals surface area contributed by atoms with E-state index >= 15 is 0 Å². The van der Waals surface area contributed by atoms with E-state index in [4.69, 9.17) is 9.84 Å². The Bertz CT molecular complexity index is 332. The maximum Gasteiger partial charge on any atom is 0.325 e. The minimum Gasteiger partial charge on any atom is -0.480 e. The Hall–Kier alpha value is -1.30. The van der Waals surface area contributed by atoms with Gasteiger partial charge >= 0.3 is 12.0 Å². The number of carbonyl (C=O) groups is 2.